The van der Waals surface area contributed by atoms with Crippen molar-refractivity contribution in [2.75, 3.05) is 118 Å². The quantitative estimate of drug-likeness (QED) is 0.0647. The second kappa shape index (κ2) is 34.4. The predicted octanol–water partition coefficient (Wildman–Crippen LogP) is 5.03. The van der Waals surface area contributed by atoms with Crippen molar-refractivity contribution in [2.45, 2.75) is 165 Å². The summed E-state index contributed by atoms with van der Waals surface area (Å²) in [5.41, 5.74) is -3.05. The Labute approximate surface area is 437 Å². The molecule has 424 valence electrons. The first-order chi connectivity index (χ1) is 33.8. The number of hydrogen-bond acceptors (Lipinski definition) is 14. The number of amides is 8. The zero-order valence-corrected chi connectivity index (χ0v) is 47.8. The molecular formula is C51H98N10O12. The number of alkyl carbamates (subject to hydrolysis) is 4. The average Bonchev–Trinajstić information content (AvgIpc) is 3.22. The maximum atomic E-state index is 14.5. The average molecular weight is 1040 g/mol. The van der Waals surface area contributed by atoms with E-state index in [0.29, 0.717) is 32.6 Å². The van der Waals surface area contributed by atoms with E-state index >= 15 is 0 Å². The van der Waals surface area contributed by atoms with Gasteiger partial charge in [0.2, 0.25) is 23.6 Å². The van der Waals surface area contributed by atoms with E-state index in [1.165, 1.54) is 9.80 Å². The minimum absolute atomic E-state index is 0.00183. The summed E-state index contributed by atoms with van der Waals surface area (Å²) in [6.07, 6.45) is 0.733. The van der Waals surface area contributed by atoms with E-state index in [9.17, 15) is 38.4 Å². The zero-order chi connectivity index (χ0) is 56.0. The van der Waals surface area contributed by atoms with Gasteiger partial charge in [-0.2, -0.15) is 0 Å². The number of carbonyl (C=O) groups excluding carboxylic acids is 8. The zero-order valence-electron chi connectivity index (χ0n) is 47.8. The Bertz CT molecular complexity index is 1490. The van der Waals surface area contributed by atoms with Crippen LogP contribution in [-0.2, 0) is 38.1 Å². The van der Waals surface area contributed by atoms with E-state index in [4.69, 9.17) is 18.9 Å². The molecule has 73 heavy (non-hydrogen) atoms. The smallest absolute Gasteiger partial charge is 0.407 e. The second-order valence-electron chi connectivity index (χ2n) is 22.0. The van der Waals surface area contributed by atoms with Crippen LogP contribution in [0.5, 0.6) is 0 Å². The molecule has 0 atom stereocenters. The molecule has 4 N–H and O–H groups in total. The molecule has 0 aromatic heterocycles. The summed E-state index contributed by atoms with van der Waals surface area (Å²) >= 11 is 0. The van der Waals surface area contributed by atoms with Crippen LogP contribution in [0.3, 0.4) is 0 Å². The van der Waals surface area contributed by atoms with Crippen LogP contribution in [0.15, 0.2) is 0 Å². The largest absolute Gasteiger partial charge is 0.444 e. The maximum Gasteiger partial charge on any atom is 0.407 e. The molecule has 0 aromatic carbocycles. The van der Waals surface area contributed by atoms with E-state index in [2.05, 4.69) is 21.3 Å². The lowest BCUT2D eigenvalue weighted by molar-refractivity contribution is -0.136. The summed E-state index contributed by atoms with van der Waals surface area (Å²) in [5.74, 6) is -1.05. The lowest BCUT2D eigenvalue weighted by Crippen LogP contribution is -2.51. The third-order valence-electron chi connectivity index (χ3n) is 9.97. The Balaban J connectivity index is 7.07. The molecular weight excluding hydrogens is 945 g/mol. The highest BCUT2D eigenvalue weighted by Crippen LogP contribution is 2.11. The Morgan fingerprint density at radius 3 is 0.685 bits per heavy atom. The van der Waals surface area contributed by atoms with Gasteiger partial charge in [-0.3, -0.25) is 29.0 Å². The highest BCUT2D eigenvalue weighted by molar-refractivity contribution is 5.82. The first-order valence-electron chi connectivity index (χ1n) is 26.2. The lowest BCUT2D eigenvalue weighted by Gasteiger charge is -2.31. The van der Waals surface area contributed by atoms with Gasteiger partial charge in [-0.1, -0.05) is 27.7 Å². The Morgan fingerprint density at radius 2 is 0.507 bits per heavy atom. The summed E-state index contributed by atoms with van der Waals surface area (Å²) in [6.45, 7) is 31.1. The number of ether oxygens (including phenoxy) is 4. The van der Waals surface area contributed by atoms with E-state index in [-0.39, 0.29) is 103 Å². The third-order valence-corrected chi connectivity index (χ3v) is 9.97. The number of nitrogens with one attached hydrogen (secondary N) is 4. The lowest BCUT2D eigenvalue weighted by atomic mass is 10.2. The molecule has 0 heterocycles. The van der Waals surface area contributed by atoms with Crippen LogP contribution in [0.1, 0.15) is 143 Å². The van der Waals surface area contributed by atoms with Crippen LogP contribution in [0.25, 0.3) is 0 Å². The normalized spacial score (nSPS) is 11.9. The van der Waals surface area contributed by atoms with Gasteiger partial charge in [0.1, 0.15) is 22.4 Å². The molecule has 0 spiro atoms. The van der Waals surface area contributed by atoms with Crippen molar-refractivity contribution >= 4 is 48.0 Å². The molecule has 22 nitrogen and oxygen atoms in total. The first-order valence-corrected chi connectivity index (χ1v) is 26.2. The van der Waals surface area contributed by atoms with Crippen molar-refractivity contribution < 1.29 is 57.3 Å². The van der Waals surface area contributed by atoms with Gasteiger partial charge >= 0.3 is 24.4 Å². The molecule has 0 radical (unpaired) electrons. The van der Waals surface area contributed by atoms with Crippen molar-refractivity contribution in [1.82, 2.24) is 50.7 Å². The molecule has 0 rings (SSSR count). The van der Waals surface area contributed by atoms with Crippen LogP contribution in [0.2, 0.25) is 0 Å². The van der Waals surface area contributed by atoms with Gasteiger partial charge < -0.3 is 59.8 Å². The fourth-order valence-corrected chi connectivity index (χ4v) is 7.06. The van der Waals surface area contributed by atoms with Gasteiger partial charge in [0.05, 0.1) is 26.2 Å². The molecule has 8 amide bonds. The van der Waals surface area contributed by atoms with E-state index in [0.717, 1.165) is 25.7 Å². The van der Waals surface area contributed by atoms with Gasteiger partial charge in [-0.15, -0.1) is 0 Å². The molecule has 0 aliphatic carbocycles. The Hall–Kier alpha value is -5.12. The van der Waals surface area contributed by atoms with Gasteiger partial charge in [0, 0.05) is 91.6 Å². The standard InChI is InChI=1S/C51H98N10O12/c1-17-26-58(27-18-2)40(62)36-56(37-41(63)59(28-19-3)29-20-4)30-21-31-57(38-42(64)60(32-22-52-44(66)70-48(5,6)7)33-23-53-45(67)71-49(8,9)10)39-43(65)61(34-24-54-46(68)72-50(11,12)13)35-25-55-47(69)73-51(14,15)16/h17-39H2,1-16H3,(H,52,66)(H,53,67)(H,54,68)(H,55,69). The molecule has 0 bridgehead atoms. The molecule has 0 aliphatic heterocycles. The minimum atomic E-state index is -0.764. The topological polar surface area (TPSA) is 241 Å². The summed E-state index contributed by atoms with van der Waals surface area (Å²) in [6, 6.07) is 0. The number of carbonyl (C=O) groups is 8. The van der Waals surface area contributed by atoms with Gasteiger partial charge in [0.25, 0.3) is 0 Å². The highest BCUT2D eigenvalue weighted by Gasteiger charge is 2.27. The van der Waals surface area contributed by atoms with E-state index in [1.807, 2.05) is 42.4 Å². The first kappa shape index (κ1) is 67.9. The van der Waals surface area contributed by atoms with E-state index < -0.39 is 58.6 Å². The molecule has 22 heteroatoms. The molecule has 0 saturated heterocycles. The van der Waals surface area contributed by atoms with Gasteiger partial charge in [-0.25, -0.2) is 19.2 Å². The van der Waals surface area contributed by atoms with Crippen LogP contribution >= 0.6 is 0 Å². The highest BCUT2D eigenvalue weighted by atomic mass is 16.6. The molecule has 0 aliphatic rings. The predicted molar refractivity (Wildman–Crippen MR) is 282 cm³/mol. The third kappa shape index (κ3) is 35.6. The molecule has 0 fully saturated rings. The second-order valence-corrected chi connectivity index (χ2v) is 22.0. The van der Waals surface area contributed by atoms with Crippen molar-refractivity contribution in [3.05, 3.63) is 0 Å². The Kier molecular flexibility index (Phi) is 32.0. The maximum absolute atomic E-state index is 14.5. The van der Waals surface area contributed by atoms with Crippen molar-refractivity contribution in [3.63, 3.8) is 0 Å². The number of nitrogens with zero attached hydrogens (tertiary/aromatic N) is 6. The van der Waals surface area contributed by atoms with Crippen LogP contribution < -0.4 is 21.3 Å². The van der Waals surface area contributed by atoms with E-state index in [1.54, 1.807) is 88.0 Å². The molecule has 0 unspecified atom stereocenters. The fourth-order valence-electron chi connectivity index (χ4n) is 7.06. The summed E-state index contributed by atoms with van der Waals surface area (Å²) in [7, 11) is 0. The molecule has 0 aromatic rings. The molecule has 0 saturated carbocycles. The van der Waals surface area contributed by atoms with Crippen LogP contribution in [-0.4, -0.2) is 218 Å². The van der Waals surface area contributed by atoms with Crippen LogP contribution in [0.4, 0.5) is 19.2 Å². The summed E-state index contributed by atoms with van der Waals surface area (Å²) in [4.78, 5) is 117. The van der Waals surface area contributed by atoms with Gasteiger partial charge in [0.15, 0.2) is 0 Å². The number of rotatable bonds is 32. The van der Waals surface area contributed by atoms with Crippen molar-refractivity contribution in [1.29, 1.82) is 0 Å². The summed E-state index contributed by atoms with van der Waals surface area (Å²) in [5, 5.41) is 10.7. The summed E-state index contributed by atoms with van der Waals surface area (Å²) < 4.78 is 21.6. The fraction of sp³-hybridized carbons (Fsp3) is 0.843. The Morgan fingerprint density at radius 1 is 0.315 bits per heavy atom. The van der Waals surface area contributed by atoms with Crippen molar-refractivity contribution in [3.8, 4) is 0 Å². The number of hydrogen-bond donors (Lipinski definition) is 4. The van der Waals surface area contributed by atoms with Gasteiger partial charge in [-0.05, 0) is 115 Å². The monoisotopic (exact) mass is 1040 g/mol. The minimum Gasteiger partial charge on any atom is -0.444 e. The van der Waals surface area contributed by atoms with Crippen molar-refractivity contribution in [2.24, 2.45) is 0 Å². The van der Waals surface area contributed by atoms with Crippen LogP contribution in [0, 0.1) is 0 Å². The SMILES string of the molecule is CCCN(CCC)C(=O)CN(CCCN(CC(=O)N(CCNC(=O)OC(C)(C)C)CCNC(=O)OC(C)(C)C)CC(=O)N(CCNC(=O)OC(C)(C)C)CCNC(=O)OC(C)(C)C)CC(=O)N(CCC)CCC.